The molecule has 1 amide bonds. The second kappa shape index (κ2) is 9.79. The van der Waals surface area contributed by atoms with Crippen molar-refractivity contribution in [3.63, 3.8) is 0 Å². The number of nitrogens with one attached hydrogen (secondary N) is 2. The topological polar surface area (TPSA) is 134 Å². The highest BCUT2D eigenvalue weighted by Gasteiger charge is 2.23. The van der Waals surface area contributed by atoms with Crippen molar-refractivity contribution in [1.29, 1.82) is 0 Å². The van der Waals surface area contributed by atoms with Crippen molar-refractivity contribution < 1.29 is 24.4 Å². The zero-order valence-corrected chi connectivity index (χ0v) is 18.5. The van der Waals surface area contributed by atoms with E-state index in [-0.39, 0.29) is 38.4 Å². The molecule has 1 saturated heterocycles. The Bertz CT molecular complexity index is 1100. The average molecular weight is 479 g/mol. The van der Waals surface area contributed by atoms with E-state index in [9.17, 15) is 24.8 Å². The number of carbonyl (C=O) groups is 2. The molecule has 10 nitrogen and oxygen atoms in total. The predicted molar refractivity (Wildman–Crippen MR) is 123 cm³/mol. The van der Waals surface area contributed by atoms with E-state index in [1.807, 2.05) is 4.90 Å². The molecule has 168 valence electrons. The van der Waals surface area contributed by atoms with Gasteiger partial charge in [0.05, 0.1) is 39.6 Å². The number of nitro benzene ring substituents is 1. The van der Waals surface area contributed by atoms with Crippen molar-refractivity contribution in [2.45, 2.75) is 12.8 Å². The minimum Gasteiger partial charge on any atom is -0.493 e. The second-order valence-corrected chi connectivity index (χ2v) is 7.72. The summed E-state index contributed by atoms with van der Waals surface area (Å²) in [6.45, 7) is 1.47. The molecule has 32 heavy (non-hydrogen) atoms. The molecule has 12 heteroatoms. The summed E-state index contributed by atoms with van der Waals surface area (Å²) in [7, 11) is 1.35. The van der Waals surface area contributed by atoms with Crippen molar-refractivity contribution in [2.75, 3.05) is 30.4 Å². The zero-order valence-electron chi connectivity index (χ0n) is 16.9. The Hall–Kier alpha value is -3.44. The van der Waals surface area contributed by atoms with Crippen LogP contribution < -0.4 is 20.3 Å². The minimum absolute atomic E-state index is 0.0408. The number of halogens is 1. The molecule has 1 heterocycles. The number of methoxy groups -OCH3 is 1. The van der Waals surface area contributed by atoms with E-state index in [1.54, 1.807) is 6.07 Å². The number of thiocarbonyl (C=S) groups is 1. The molecule has 3 N–H and O–H groups in total. The summed E-state index contributed by atoms with van der Waals surface area (Å²) in [6.07, 6.45) is 1.91. The summed E-state index contributed by atoms with van der Waals surface area (Å²) in [4.78, 5) is 36.9. The van der Waals surface area contributed by atoms with E-state index < -0.39 is 16.8 Å². The SMILES string of the molecule is COc1c(Cl)cc(C(=O)O)cc1NC(=S)NC(=O)c1cc([N+](=O)[O-])ccc1N1CCCC1. The molecule has 0 atom stereocenters. The number of amides is 1. The normalized spacial score (nSPS) is 12.9. The van der Waals surface area contributed by atoms with E-state index in [2.05, 4.69) is 10.6 Å². The van der Waals surface area contributed by atoms with Gasteiger partial charge in [0.1, 0.15) is 0 Å². The Kier molecular flexibility index (Phi) is 7.11. The summed E-state index contributed by atoms with van der Waals surface area (Å²) < 4.78 is 5.19. The molecule has 2 aromatic carbocycles. The first-order chi connectivity index (χ1) is 15.2. The van der Waals surface area contributed by atoms with Crippen molar-refractivity contribution in [3.8, 4) is 5.75 Å². The van der Waals surface area contributed by atoms with Crippen LogP contribution in [0.5, 0.6) is 5.75 Å². The number of anilines is 2. The maximum Gasteiger partial charge on any atom is 0.335 e. The number of nitrogens with zero attached hydrogens (tertiary/aromatic N) is 2. The standard InChI is InChI=1S/C20H19ClN4O6S/c1-31-17-14(21)8-11(19(27)28)9-15(17)22-20(32)23-18(26)13-10-12(25(29)30)4-5-16(13)24-6-2-3-7-24/h4-5,8-10H,2-3,6-7H2,1H3,(H,27,28)(H2,22,23,26,32). The van der Waals surface area contributed by atoms with E-state index in [1.165, 1.54) is 31.4 Å². The minimum atomic E-state index is -1.21. The lowest BCUT2D eigenvalue weighted by atomic mass is 10.1. The monoisotopic (exact) mass is 478 g/mol. The third-order valence-corrected chi connectivity index (χ3v) is 5.34. The molecule has 0 aliphatic carbocycles. The average Bonchev–Trinajstić information content (AvgIpc) is 3.27. The molecule has 2 aromatic rings. The van der Waals surface area contributed by atoms with Gasteiger partial charge in [-0.25, -0.2) is 4.79 Å². The van der Waals surface area contributed by atoms with Gasteiger partial charge in [-0.05, 0) is 43.3 Å². The number of carboxylic acids is 1. The Morgan fingerprint density at radius 2 is 1.94 bits per heavy atom. The third-order valence-electron chi connectivity index (χ3n) is 4.85. The number of non-ortho nitro benzene ring substituents is 1. The molecule has 0 unspecified atom stereocenters. The van der Waals surface area contributed by atoms with Gasteiger partial charge in [-0.15, -0.1) is 0 Å². The number of aromatic carboxylic acids is 1. The van der Waals surface area contributed by atoms with Gasteiger partial charge in [0.2, 0.25) is 0 Å². The maximum absolute atomic E-state index is 13.0. The van der Waals surface area contributed by atoms with Gasteiger partial charge in [0, 0.05) is 25.2 Å². The van der Waals surface area contributed by atoms with Crippen LogP contribution in [-0.2, 0) is 0 Å². The number of carbonyl (C=O) groups excluding carboxylic acids is 1. The molecule has 0 aromatic heterocycles. The van der Waals surface area contributed by atoms with Crippen molar-refractivity contribution in [2.24, 2.45) is 0 Å². The fraction of sp³-hybridized carbons (Fsp3) is 0.250. The van der Waals surface area contributed by atoms with Crippen LogP contribution in [0.1, 0.15) is 33.6 Å². The van der Waals surface area contributed by atoms with Crippen LogP contribution in [0.4, 0.5) is 17.1 Å². The van der Waals surface area contributed by atoms with Gasteiger partial charge in [0.15, 0.2) is 10.9 Å². The van der Waals surface area contributed by atoms with Crippen LogP contribution in [0.2, 0.25) is 5.02 Å². The van der Waals surface area contributed by atoms with Crippen LogP contribution in [0.15, 0.2) is 30.3 Å². The number of ether oxygens (including phenoxy) is 1. The molecular formula is C20H19ClN4O6S. The molecule has 0 spiro atoms. The first-order valence-electron chi connectivity index (χ1n) is 9.47. The Labute approximate surface area is 193 Å². The lowest BCUT2D eigenvalue weighted by Crippen LogP contribution is -2.35. The van der Waals surface area contributed by atoms with Crippen LogP contribution in [0, 0.1) is 10.1 Å². The first kappa shape index (κ1) is 23.2. The van der Waals surface area contributed by atoms with Crippen LogP contribution in [0.25, 0.3) is 0 Å². The third kappa shape index (κ3) is 5.06. The van der Waals surface area contributed by atoms with Crippen molar-refractivity contribution >= 4 is 57.9 Å². The van der Waals surface area contributed by atoms with Gasteiger partial charge in [0.25, 0.3) is 11.6 Å². The fourth-order valence-corrected chi connectivity index (χ4v) is 3.89. The summed E-state index contributed by atoms with van der Waals surface area (Å²) in [5, 5.41) is 25.5. The van der Waals surface area contributed by atoms with Crippen LogP contribution in [0.3, 0.4) is 0 Å². The van der Waals surface area contributed by atoms with Gasteiger partial charge in [-0.1, -0.05) is 11.6 Å². The number of hydrogen-bond acceptors (Lipinski definition) is 7. The summed E-state index contributed by atoms with van der Waals surface area (Å²) >= 11 is 11.3. The van der Waals surface area contributed by atoms with E-state index in [4.69, 9.17) is 28.6 Å². The zero-order chi connectivity index (χ0) is 23.4. The van der Waals surface area contributed by atoms with Crippen molar-refractivity contribution in [1.82, 2.24) is 5.32 Å². The summed E-state index contributed by atoms with van der Waals surface area (Å²) in [5.41, 5.74) is 0.486. The van der Waals surface area contributed by atoms with Gasteiger partial charge >= 0.3 is 5.97 Å². The van der Waals surface area contributed by atoms with E-state index >= 15 is 0 Å². The number of nitro groups is 1. The molecule has 3 rings (SSSR count). The Morgan fingerprint density at radius 1 is 1.25 bits per heavy atom. The lowest BCUT2D eigenvalue weighted by Gasteiger charge is -2.21. The smallest absolute Gasteiger partial charge is 0.335 e. The second-order valence-electron chi connectivity index (χ2n) is 6.90. The number of hydrogen-bond donors (Lipinski definition) is 3. The van der Waals surface area contributed by atoms with E-state index in [0.717, 1.165) is 25.9 Å². The van der Waals surface area contributed by atoms with Gasteiger partial charge in [-0.3, -0.25) is 20.2 Å². The van der Waals surface area contributed by atoms with Crippen LogP contribution >= 0.6 is 23.8 Å². The maximum atomic E-state index is 13.0. The van der Waals surface area contributed by atoms with Crippen LogP contribution in [-0.4, -0.2) is 47.2 Å². The summed E-state index contributed by atoms with van der Waals surface area (Å²) in [5.74, 6) is -1.71. The highest BCUT2D eigenvalue weighted by Crippen LogP contribution is 2.34. The largest absolute Gasteiger partial charge is 0.493 e. The van der Waals surface area contributed by atoms with E-state index in [0.29, 0.717) is 5.69 Å². The Morgan fingerprint density at radius 3 is 2.53 bits per heavy atom. The number of benzene rings is 2. The number of rotatable bonds is 6. The quantitative estimate of drug-likeness (QED) is 0.323. The fourth-order valence-electron chi connectivity index (χ4n) is 3.39. The van der Waals surface area contributed by atoms with Gasteiger partial charge in [-0.2, -0.15) is 0 Å². The number of carboxylic acid groups (broad SMARTS) is 1. The van der Waals surface area contributed by atoms with Crippen molar-refractivity contribution in [3.05, 3.63) is 56.6 Å². The molecule has 0 saturated carbocycles. The predicted octanol–water partition coefficient (Wildman–Crippen LogP) is 3.68. The molecule has 0 radical (unpaired) electrons. The lowest BCUT2D eigenvalue weighted by molar-refractivity contribution is -0.384. The molecule has 0 bridgehead atoms. The molecule has 1 aliphatic heterocycles. The Balaban J connectivity index is 1.86. The molecule has 1 fully saturated rings. The highest BCUT2D eigenvalue weighted by atomic mass is 35.5. The first-order valence-corrected chi connectivity index (χ1v) is 10.3. The summed E-state index contributed by atoms with van der Waals surface area (Å²) in [6, 6.07) is 6.59. The molecule has 1 aliphatic rings. The highest BCUT2D eigenvalue weighted by molar-refractivity contribution is 7.80. The van der Waals surface area contributed by atoms with Gasteiger partial charge < -0.3 is 20.1 Å². The molecular weight excluding hydrogens is 460 g/mol.